The van der Waals surface area contributed by atoms with Crippen LogP contribution in [-0.2, 0) is 0 Å². The zero-order chi connectivity index (χ0) is 19.1. The molecule has 0 aliphatic carbocycles. The molecule has 2 heterocycles. The molecule has 0 fully saturated rings. The number of nitrogens with zero attached hydrogens (tertiary/aromatic N) is 4. The number of rotatable bonds is 3. The van der Waals surface area contributed by atoms with Gasteiger partial charge in [0, 0.05) is 22.2 Å². The minimum absolute atomic E-state index is 0.647. The molecule has 2 aromatic heterocycles. The van der Waals surface area contributed by atoms with Crippen molar-refractivity contribution in [2.45, 2.75) is 0 Å². The fraction of sp³-hybridized carbons (Fsp3) is 0.0455. The summed E-state index contributed by atoms with van der Waals surface area (Å²) < 4.78 is 7.44. The minimum Gasteiger partial charge on any atom is -0.497 e. The fourth-order valence-corrected chi connectivity index (χ4v) is 3.53. The molecule has 0 spiro atoms. The first-order valence-electron chi connectivity index (χ1n) is 8.79. The largest absolute Gasteiger partial charge is 0.497 e. The van der Waals surface area contributed by atoms with Gasteiger partial charge in [-0.05, 0) is 24.3 Å². The topological polar surface area (TPSA) is 52.3 Å². The van der Waals surface area contributed by atoms with Crippen molar-refractivity contribution in [3.05, 3.63) is 77.8 Å². The molecule has 0 aliphatic heterocycles. The molecule has 0 amide bonds. The average Bonchev–Trinajstić information content (AvgIpc) is 3.19. The van der Waals surface area contributed by atoms with E-state index in [9.17, 15) is 0 Å². The van der Waals surface area contributed by atoms with E-state index < -0.39 is 0 Å². The summed E-state index contributed by atoms with van der Waals surface area (Å²) in [6, 6.07) is 23.4. The lowest BCUT2D eigenvalue weighted by molar-refractivity contribution is 0.415. The third-order valence-electron chi connectivity index (χ3n) is 4.66. The first-order valence-corrected chi connectivity index (χ1v) is 9.16. The van der Waals surface area contributed by atoms with Crippen molar-refractivity contribution >= 4 is 28.3 Å². The van der Waals surface area contributed by atoms with Gasteiger partial charge in [0.25, 0.3) is 0 Å². The number of aromatic nitrogens is 4. The highest BCUT2D eigenvalue weighted by atomic mass is 35.5. The third kappa shape index (κ3) is 2.68. The molecule has 5 rings (SSSR count). The standard InChI is InChI=1S/C22H15ClN4O/c1-28-17-10-11-18-19(13-17)27-21(15-8-5-9-16(23)12-15)25-26-22(27)20(24-18)14-6-3-2-4-7-14/h2-13H,1H3. The Morgan fingerprint density at radius 3 is 2.46 bits per heavy atom. The molecule has 0 atom stereocenters. The van der Waals surface area contributed by atoms with Crippen LogP contribution >= 0.6 is 11.6 Å². The summed E-state index contributed by atoms with van der Waals surface area (Å²) in [7, 11) is 1.65. The maximum absolute atomic E-state index is 6.22. The van der Waals surface area contributed by atoms with Crippen LogP contribution in [0.4, 0.5) is 0 Å². The summed E-state index contributed by atoms with van der Waals surface area (Å²) >= 11 is 6.22. The molecular weight excluding hydrogens is 372 g/mol. The number of hydrogen-bond donors (Lipinski definition) is 0. The molecular formula is C22H15ClN4O. The van der Waals surface area contributed by atoms with E-state index >= 15 is 0 Å². The van der Waals surface area contributed by atoms with Gasteiger partial charge in [0.2, 0.25) is 0 Å². The minimum atomic E-state index is 0.647. The van der Waals surface area contributed by atoms with E-state index in [4.69, 9.17) is 21.3 Å². The number of fused-ring (bicyclic) bond motifs is 3. The molecule has 0 saturated heterocycles. The molecule has 3 aromatic carbocycles. The Hall–Kier alpha value is -3.44. The summed E-state index contributed by atoms with van der Waals surface area (Å²) in [5, 5.41) is 9.59. The number of halogens is 1. The van der Waals surface area contributed by atoms with Gasteiger partial charge < -0.3 is 4.74 Å². The van der Waals surface area contributed by atoms with Crippen LogP contribution in [0, 0.1) is 0 Å². The maximum Gasteiger partial charge on any atom is 0.188 e. The molecule has 0 aliphatic rings. The van der Waals surface area contributed by atoms with E-state index in [-0.39, 0.29) is 0 Å². The first kappa shape index (κ1) is 16.7. The molecule has 6 heteroatoms. The van der Waals surface area contributed by atoms with E-state index in [1.54, 1.807) is 7.11 Å². The summed E-state index contributed by atoms with van der Waals surface area (Å²) in [4.78, 5) is 4.87. The number of benzene rings is 3. The van der Waals surface area contributed by atoms with Gasteiger partial charge in [-0.3, -0.25) is 4.40 Å². The first-order chi connectivity index (χ1) is 13.7. The summed E-state index contributed by atoms with van der Waals surface area (Å²) in [5.41, 5.74) is 5.02. The highest BCUT2D eigenvalue weighted by Crippen LogP contribution is 2.31. The van der Waals surface area contributed by atoms with Crippen LogP contribution in [-0.4, -0.2) is 26.7 Å². The predicted octanol–water partition coefficient (Wildman–Crippen LogP) is 5.27. The SMILES string of the molecule is COc1ccc2nc(-c3ccccc3)c3nnc(-c4cccc(Cl)c4)n3c2c1. The Labute approximate surface area is 166 Å². The van der Waals surface area contributed by atoms with E-state index in [1.165, 1.54) is 0 Å². The average molecular weight is 387 g/mol. The highest BCUT2D eigenvalue weighted by Gasteiger charge is 2.18. The van der Waals surface area contributed by atoms with Crippen molar-refractivity contribution < 1.29 is 4.74 Å². The third-order valence-corrected chi connectivity index (χ3v) is 4.90. The second-order valence-electron chi connectivity index (χ2n) is 6.37. The smallest absolute Gasteiger partial charge is 0.188 e. The van der Waals surface area contributed by atoms with Crippen molar-refractivity contribution in [1.29, 1.82) is 0 Å². The normalized spacial score (nSPS) is 11.2. The predicted molar refractivity (Wildman–Crippen MR) is 111 cm³/mol. The Bertz CT molecular complexity index is 1310. The van der Waals surface area contributed by atoms with Crippen molar-refractivity contribution in [2.24, 2.45) is 0 Å². The van der Waals surface area contributed by atoms with Crippen molar-refractivity contribution in [2.75, 3.05) is 7.11 Å². The van der Waals surface area contributed by atoms with Crippen LogP contribution in [0.3, 0.4) is 0 Å². The second-order valence-corrected chi connectivity index (χ2v) is 6.81. The monoisotopic (exact) mass is 386 g/mol. The zero-order valence-electron chi connectivity index (χ0n) is 15.0. The van der Waals surface area contributed by atoms with E-state index in [1.807, 2.05) is 77.2 Å². The van der Waals surface area contributed by atoms with Gasteiger partial charge in [0.15, 0.2) is 11.5 Å². The molecule has 0 N–H and O–H groups in total. The van der Waals surface area contributed by atoms with Gasteiger partial charge in [0.05, 0.1) is 18.1 Å². The van der Waals surface area contributed by atoms with Crippen molar-refractivity contribution in [1.82, 2.24) is 19.6 Å². The van der Waals surface area contributed by atoms with Gasteiger partial charge in [-0.15, -0.1) is 10.2 Å². The lowest BCUT2D eigenvalue weighted by atomic mass is 10.1. The number of methoxy groups -OCH3 is 1. The zero-order valence-corrected chi connectivity index (χ0v) is 15.8. The van der Waals surface area contributed by atoms with Gasteiger partial charge in [0.1, 0.15) is 11.4 Å². The number of hydrogen-bond acceptors (Lipinski definition) is 4. The molecule has 136 valence electrons. The molecule has 28 heavy (non-hydrogen) atoms. The highest BCUT2D eigenvalue weighted by molar-refractivity contribution is 6.30. The van der Waals surface area contributed by atoms with Gasteiger partial charge in [-0.2, -0.15) is 0 Å². The van der Waals surface area contributed by atoms with Gasteiger partial charge >= 0.3 is 0 Å². The lowest BCUT2D eigenvalue weighted by Crippen LogP contribution is -1.98. The lowest BCUT2D eigenvalue weighted by Gasteiger charge is -2.10. The van der Waals surface area contributed by atoms with Gasteiger partial charge in [-0.25, -0.2) is 4.98 Å². The van der Waals surface area contributed by atoms with Crippen LogP contribution in [0.5, 0.6) is 5.75 Å². The number of ether oxygens (including phenoxy) is 1. The van der Waals surface area contributed by atoms with Crippen LogP contribution in [0.15, 0.2) is 72.8 Å². The summed E-state index contributed by atoms with van der Waals surface area (Å²) in [6.07, 6.45) is 0. The Morgan fingerprint density at radius 1 is 0.857 bits per heavy atom. The molecule has 5 nitrogen and oxygen atoms in total. The van der Waals surface area contributed by atoms with Gasteiger partial charge in [-0.1, -0.05) is 54.1 Å². The molecule has 5 aromatic rings. The van der Waals surface area contributed by atoms with E-state index in [0.29, 0.717) is 16.5 Å². The van der Waals surface area contributed by atoms with Crippen LogP contribution < -0.4 is 4.74 Å². The van der Waals surface area contributed by atoms with Crippen molar-refractivity contribution in [3.8, 4) is 28.4 Å². The maximum atomic E-state index is 6.22. The Kier molecular flexibility index (Phi) is 3.95. The molecule has 0 radical (unpaired) electrons. The van der Waals surface area contributed by atoms with Crippen molar-refractivity contribution in [3.63, 3.8) is 0 Å². The van der Waals surface area contributed by atoms with Crippen LogP contribution in [0.1, 0.15) is 0 Å². The quantitative estimate of drug-likeness (QED) is 0.423. The Balaban J connectivity index is 1.91. The fourth-order valence-electron chi connectivity index (χ4n) is 3.34. The van der Waals surface area contributed by atoms with Crippen LogP contribution in [0.25, 0.3) is 39.3 Å². The summed E-state index contributed by atoms with van der Waals surface area (Å²) in [6.45, 7) is 0. The molecule has 0 bridgehead atoms. The van der Waals surface area contributed by atoms with E-state index in [0.717, 1.165) is 33.6 Å². The molecule has 0 saturated carbocycles. The summed E-state index contributed by atoms with van der Waals surface area (Å²) in [5.74, 6) is 1.45. The van der Waals surface area contributed by atoms with Crippen LogP contribution in [0.2, 0.25) is 5.02 Å². The van der Waals surface area contributed by atoms with E-state index in [2.05, 4.69) is 10.2 Å². The second kappa shape index (κ2) is 6.62. The molecule has 0 unspecified atom stereocenters. The Morgan fingerprint density at radius 2 is 1.68 bits per heavy atom.